The summed E-state index contributed by atoms with van der Waals surface area (Å²) < 4.78 is 0. The topological polar surface area (TPSA) is 43.8 Å². The third-order valence-electron chi connectivity index (χ3n) is 3.93. The molecule has 1 aromatic carbocycles. The highest BCUT2D eigenvalue weighted by Crippen LogP contribution is 2.33. The van der Waals surface area contributed by atoms with E-state index < -0.39 is 6.09 Å². The Morgan fingerprint density at radius 2 is 1.95 bits per heavy atom. The van der Waals surface area contributed by atoms with Crippen LogP contribution in [0.5, 0.6) is 0 Å². The molecule has 0 unspecified atom stereocenters. The van der Waals surface area contributed by atoms with Crippen molar-refractivity contribution in [3.63, 3.8) is 0 Å². The van der Waals surface area contributed by atoms with E-state index >= 15 is 0 Å². The molecule has 1 aromatic rings. The van der Waals surface area contributed by atoms with E-state index in [9.17, 15) is 4.79 Å². The average molecular weight is 258 g/mol. The second-order valence-electron chi connectivity index (χ2n) is 5.07. The molecule has 2 aliphatic heterocycles. The lowest BCUT2D eigenvalue weighted by Gasteiger charge is -2.35. The van der Waals surface area contributed by atoms with Crippen molar-refractivity contribution in [2.75, 3.05) is 31.1 Å². The molecule has 0 spiro atoms. The zero-order chi connectivity index (χ0) is 13.2. The van der Waals surface area contributed by atoms with Crippen LogP contribution in [0.3, 0.4) is 0 Å². The van der Waals surface area contributed by atoms with Gasteiger partial charge in [-0.15, -0.1) is 0 Å². The molecule has 2 aliphatic rings. The molecule has 0 aromatic heterocycles. The Kier molecular flexibility index (Phi) is 3.15. The summed E-state index contributed by atoms with van der Waals surface area (Å²) >= 11 is 0. The zero-order valence-electron chi connectivity index (χ0n) is 10.9. The molecule has 0 aliphatic carbocycles. The molecule has 0 atom stereocenters. The minimum absolute atomic E-state index is 0.499. The quantitative estimate of drug-likeness (QED) is 0.887. The maximum Gasteiger partial charge on any atom is 0.407 e. The third-order valence-corrected chi connectivity index (χ3v) is 3.93. The summed E-state index contributed by atoms with van der Waals surface area (Å²) in [4.78, 5) is 14.8. The standard InChI is InChI=1S/C15H18N2O2/c18-15(19)17-10-6-12(7-11-17)13-4-1-2-5-14(13)16-8-3-9-16/h1-2,4-6H,3,7-11H2,(H,18,19). The highest BCUT2D eigenvalue weighted by molar-refractivity contribution is 5.79. The maximum absolute atomic E-state index is 10.9. The van der Waals surface area contributed by atoms with Crippen molar-refractivity contribution in [1.29, 1.82) is 0 Å². The summed E-state index contributed by atoms with van der Waals surface area (Å²) in [6.45, 7) is 3.35. The first-order valence-corrected chi connectivity index (χ1v) is 6.77. The van der Waals surface area contributed by atoms with E-state index in [1.54, 1.807) is 0 Å². The van der Waals surface area contributed by atoms with Crippen molar-refractivity contribution < 1.29 is 9.90 Å². The Labute approximate surface area is 112 Å². The molecular formula is C15H18N2O2. The van der Waals surface area contributed by atoms with Crippen LogP contribution < -0.4 is 4.90 Å². The molecule has 3 rings (SSSR count). The lowest BCUT2D eigenvalue weighted by Crippen LogP contribution is -2.38. The third kappa shape index (κ3) is 2.30. The fourth-order valence-electron chi connectivity index (χ4n) is 2.67. The summed E-state index contributed by atoms with van der Waals surface area (Å²) in [6.07, 6.45) is 3.29. The fraction of sp³-hybridized carbons (Fsp3) is 0.400. The number of rotatable bonds is 2. The Morgan fingerprint density at radius 1 is 1.16 bits per heavy atom. The van der Waals surface area contributed by atoms with Gasteiger partial charge in [0.1, 0.15) is 0 Å². The van der Waals surface area contributed by atoms with Gasteiger partial charge in [-0.1, -0.05) is 24.3 Å². The van der Waals surface area contributed by atoms with Crippen LogP contribution in [0.2, 0.25) is 0 Å². The molecule has 1 fully saturated rings. The van der Waals surface area contributed by atoms with Crippen LogP contribution in [0.15, 0.2) is 30.3 Å². The molecule has 1 N–H and O–H groups in total. The average Bonchev–Trinajstić information content (AvgIpc) is 2.37. The van der Waals surface area contributed by atoms with Gasteiger partial charge in [0.05, 0.1) is 0 Å². The number of hydrogen-bond acceptors (Lipinski definition) is 2. The molecule has 1 saturated heterocycles. The van der Waals surface area contributed by atoms with E-state index in [1.165, 1.54) is 28.1 Å². The second-order valence-corrected chi connectivity index (χ2v) is 5.07. The fourth-order valence-corrected chi connectivity index (χ4v) is 2.67. The molecule has 19 heavy (non-hydrogen) atoms. The Bertz CT molecular complexity index is 521. The minimum atomic E-state index is -0.827. The first-order chi connectivity index (χ1) is 9.25. The Hall–Kier alpha value is -1.97. The summed E-state index contributed by atoms with van der Waals surface area (Å²) in [5.74, 6) is 0. The van der Waals surface area contributed by atoms with Gasteiger partial charge in [0.15, 0.2) is 0 Å². The lowest BCUT2D eigenvalue weighted by molar-refractivity contribution is 0.150. The molecule has 4 nitrogen and oxygen atoms in total. The normalized spacial score (nSPS) is 18.8. The highest BCUT2D eigenvalue weighted by Gasteiger charge is 2.21. The van der Waals surface area contributed by atoms with E-state index in [4.69, 9.17) is 5.11 Å². The number of carbonyl (C=O) groups is 1. The highest BCUT2D eigenvalue weighted by atomic mass is 16.4. The van der Waals surface area contributed by atoms with Gasteiger partial charge in [-0.2, -0.15) is 0 Å². The summed E-state index contributed by atoms with van der Waals surface area (Å²) in [7, 11) is 0. The van der Waals surface area contributed by atoms with Crippen molar-refractivity contribution in [2.24, 2.45) is 0 Å². The predicted octanol–water partition coefficient (Wildman–Crippen LogP) is 2.66. The molecule has 1 amide bonds. The van der Waals surface area contributed by atoms with Crippen molar-refractivity contribution in [3.8, 4) is 0 Å². The number of carboxylic acid groups (broad SMARTS) is 1. The molecule has 0 saturated carbocycles. The first-order valence-electron chi connectivity index (χ1n) is 6.77. The second kappa shape index (κ2) is 4.96. The number of para-hydroxylation sites is 1. The molecular weight excluding hydrogens is 240 g/mol. The number of amides is 1. The SMILES string of the molecule is O=C(O)N1CC=C(c2ccccc2N2CCC2)CC1. The summed E-state index contributed by atoms with van der Waals surface area (Å²) in [5.41, 5.74) is 3.84. The Morgan fingerprint density at radius 3 is 2.53 bits per heavy atom. The van der Waals surface area contributed by atoms with Crippen molar-refractivity contribution in [3.05, 3.63) is 35.9 Å². The van der Waals surface area contributed by atoms with Crippen LogP contribution in [-0.2, 0) is 0 Å². The summed E-state index contributed by atoms with van der Waals surface area (Å²) in [6, 6.07) is 8.45. The number of anilines is 1. The first kappa shape index (κ1) is 12.1. The largest absolute Gasteiger partial charge is 0.465 e. The van der Waals surface area contributed by atoms with E-state index in [-0.39, 0.29) is 0 Å². The van der Waals surface area contributed by atoms with Gasteiger partial charge in [0.2, 0.25) is 0 Å². The monoisotopic (exact) mass is 258 g/mol. The van der Waals surface area contributed by atoms with E-state index in [0.717, 1.165) is 19.5 Å². The molecule has 0 bridgehead atoms. The van der Waals surface area contributed by atoms with Gasteiger partial charge in [-0.3, -0.25) is 0 Å². The molecule has 0 radical (unpaired) electrons. The van der Waals surface area contributed by atoms with Crippen molar-refractivity contribution in [1.82, 2.24) is 4.90 Å². The number of hydrogen-bond donors (Lipinski definition) is 1. The van der Waals surface area contributed by atoms with Gasteiger partial charge in [-0.25, -0.2) is 4.79 Å². The van der Waals surface area contributed by atoms with Crippen LogP contribution in [-0.4, -0.2) is 42.3 Å². The van der Waals surface area contributed by atoms with E-state index in [1.807, 2.05) is 0 Å². The van der Waals surface area contributed by atoms with Crippen LogP contribution >= 0.6 is 0 Å². The van der Waals surface area contributed by atoms with E-state index in [2.05, 4.69) is 35.2 Å². The summed E-state index contributed by atoms with van der Waals surface area (Å²) in [5, 5.41) is 8.97. The maximum atomic E-state index is 10.9. The van der Waals surface area contributed by atoms with E-state index in [0.29, 0.717) is 13.1 Å². The Balaban J connectivity index is 1.85. The lowest BCUT2D eigenvalue weighted by atomic mass is 9.96. The van der Waals surface area contributed by atoms with Gasteiger partial charge < -0.3 is 14.9 Å². The molecule has 100 valence electrons. The van der Waals surface area contributed by atoms with Crippen molar-refractivity contribution >= 4 is 17.4 Å². The molecule has 2 heterocycles. The zero-order valence-corrected chi connectivity index (χ0v) is 10.9. The number of nitrogens with zero attached hydrogens (tertiary/aromatic N) is 2. The van der Waals surface area contributed by atoms with Gasteiger partial charge >= 0.3 is 6.09 Å². The number of benzene rings is 1. The van der Waals surface area contributed by atoms with Crippen LogP contribution in [0.4, 0.5) is 10.5 Å². The molecule has 4 heteroatoms. The van der Waals surface area contributed by atoms with Gasteiger partial charge in [-0.05, 0) is 24.5 Å². The van der Waals surface area contributed by atoms with Gasteiger partial charge in [0.25, 0.3) is 0 Å². The van der Waals surface area contributed by atoms with Crippen molar-refractivity contribution in [2.45, 2.75) is 12.8 Å². The van der Waals surface area contributed by atoms with Crippen LogP contribution in [0.1, 0.15) is 18.4 Å². The predicted molar refractivity (Wildman–Crippen MR) is 75.5 cm³/mol. The minimum Gasteiger partial charge on any atom is -0.465 e. The smallest absolute Gasteiger partial charge is 0.407 e. The van der Waals surface area contributed by atoms with Crippen LogP contribution in [0.25, 0.3) is 5.57 Å². The van der Waals surface area contributed by atoms with Crippen LogP contribution in [0, 0.1) is 0 Å². The van der Waals surface area contributed by atoms with Gasteiger partial charge in [0, 0.05) is 37.4 Å².